The molecule has 1 aliphatic carbocycles. The Morgan fingerprint density at radius 1 is 1.03 bits per heavy atom. The number of carbonyl (C=O) groups is 1. The van der Waals surface area contributed by atoms with E-state index in [0.717, 1.165) is 16.9 Å². The molecule has 1 atom stereocenters. The lowest BCUT2D eigenvalue weighted by atomic mass is 9.82. The van der Waals surface area contributed by atoms with E-state index >= 15 is 0 Å². The maximum atomic E-state index is 13.1. The molecule has 180 valence electrons. The molecule has 1 unspecified atom stereocenters. The SMILES string of the molecule is O=C1CC(/C=C/c2ccccc2)Cc2c1cnc1nc(NCc3ccc4c(c3)OCCO4)[nH]c(=O)c21. The Morgan fingerprint density at radius 2 is 1.86 bits per heavy atom. The van der Waals surface area contributed by atoms with Crippen molar-refractivity contribution in [2.45, 2.75) is 19.4 Å². The number of nitrogens with one attached hydrogen (secondary N) is 2. The molecule has 4 aromatic rings. The van der Waals surface area contributed by atoms with Crippen LogP contribution in [0.5, 0.6) is 11.5 Å². The molecule has 36 heavy (non-hydrogen) atoms. The number of Topliss-reactive ketones (excluding diaryl/α,β-unsaturated/α-hetero) is 1. The van der Waals surface area contributed by atoms with Crippen molar-refractivity contribution in [2.75, 3.05) is 18.5 Å². The minimum absolute atomic E-state index is 0.00298. The highest BCUT2D eigenvalue weighted by Gasteiger charge is 2.27. The molecule has 3 heterocycles. The Morgan fingerprint density at radius 3 is 2.72 bits per heavy atom. The lowest BCUT2D eigenvalue weighted by Crippen LogP contribution is -2.23. The van der Waals surface area contributed by atoms with E-state index in [9.17, 15) is 9.59 Å². The maximum absolute atomic E-state index is 13.1. The molecule has 2 aromatic heterocycles. The van der Waals surface area contributed by atoms with Crippen molar-refractivity contribution in [2.24, 2.45) is 5.92 Å². The number of hydrogen-bond acceptors (Lipinski definition) is 7. The molecule has 0 spiro atoms. The van der Waals surface area contributed by atoms with Crippen molar-refractivity contribution in [1.29, 1.82) is 0 Å². The second kappa shape index (κ2) is 9.30. The first-order valence-corrected chi connectivity index (χ1v) is 11.9. The molecule has 2 aromatic carbocycles. The van der Waals surface area contributed by atoms with E-state index in [1.165, 1.54) is 0 Å². The van der Waals surface area contributed by atoms with Crippen molar-refractivity contribution < 1.29 is 14.3 Å². The number of benzene rings is 2. The number of ether oxygens (including phenoxy) is 2. The average Bonchev–Trinajstić information content (AvgIpc) is 2.91. The van der Waals surface area contributed by atoms with Crippen LogP contribution in [-0.2, 0) is 13.0 Å². The van der Waals surface area contributed by atoms with Crippen LogP contribution in [-0.4, -0.2) is 33.9 Å². The van der Waals surface area contributed by atoms with E-state index < -0.39 is 0 Å². The number of allylic oxidation sites excluding steroid dienone is 1. The number of fused-ring (bicyclic) bond motifs is 4. The van der Waals surface area contributed by atoms with Gasteiger partial charge in [0.15, 0.2) is 22.9 Å². The Hall–Kier alpha value is -4.46. The number of aromatic amines is 1. The third-order valence-electron chi connectivity index (χ3n) is 6.48. The van der Waals surface area contributed by atoms with E-state index in [1.54, 1.807) is 6.20 Å². The van der Waals surface area contributed by atoms with Gasteiger partial charge in [0.25, 0.3) is 5.56 Å². The van der Waals surface area contributed by atoms with Gasteiger partial charge < -0.3 is 14.8 Å². The summed E-state index contributed by atoms with van der Waals surface area (Å²) in [7, 11) is 0. The van der Waals surface area contributed by atoms with Crippen molar-refractivity contribution in [3.05, 3.63) is 93.4 Å². The number of H-pyrrole nitrogens is 1. The van der Waals surface area contributed by atoms with E-state index in [-0.39, 0.29) is 17.3 Å². The first-order valence-electron chi connectivity index (χ1n) is 11.9. The summed E-state index contributed by atoms with van der Waals surface area (Å²) >= 11 is 0. The van der Waals surface area contributed by atoms with Crippen LogP contribution in [0.25, 0.3) is 17.1 Å². The fourth-order valence-corrected chi connectivity index (χ4v) is 4.71. The average molecular weight is 481 g/mol. The molecule has 0 fully saturated rings. The molecule has 8 heteroatoms. The predicted octanol–water partition coefficient (Wildman–Crippen LogP) is 4.16. The standard InChI is InChI=1S/C28H24N4O4/c33-22-13-18(7-6-17-4-2-1-3-5-17)12-20-21(22)16-29-26-25(20)27(34)32-28(31-26)30-15-19-8-9-23-24(14-19)36-11-10-35-23/h1-9,14,16,18H,10-13,15H2,(H2,29,30,31,32,34)/b7-6+. The zero-order valence-electron chi connectivity index (χ0n) is 19.5. The Labute approximate surface area is 207 Å². The van der Waals surface area contributed by atoms with Crippen LogP contribution in [0.4, 0.5) is 5.95 Å². The third-order valence-corrected chi connectivity index (χ3v) is 6.48. The molecular weight excluding hydrogens is 456 g/mol. The minimum Gasteiger partial charge on any atom is -0.486 e. The Kier molecular flexibility index (Phi) is 5.69. The topological polar surface area (TPSA) is 106 Å². The Bertz CT molecular complexity index is 1540. The van der Waals surface area contributed by atoms with E-state index in [2.05, 4.69) is 20.3 Å². The Balaban J connectivity index is 1.25. The quantitative estimate of drug-likeness (QED) is 0.442. The van der Waals surface area contributed by atoms with Gasteiger partial charge in [0.1, 0.15) is 13.2 Å². The molecule has 0 amide bonds. The van der Waals surface area contributed by atoms with Crippen LogP contribution in [0.3, 0.4) is 0 Å². The summed E-state index contributed by atoms with van der Waals surface area (Å²) in [6.07, 6.45) is 6.60. The van der Waals surface area contributed by atoms with E-state index in [1.807, 2.05) is 60.7 Å². The van der Waals surface area contributed by atoms with Gasteiger partial charge >= 0.3 is 0 Å². The molecule has 1 aliphatic heterocycles. The van der Waals surface area contributed by atoms with Crippen molar-refractivity contribution in [3.8, 4) is 11.5 Å². The summed E-state index contributed by atoms with van der Waals surface area (Å²) in [6, 6.07) is 15.7. The molecular formula is C28H24N4O4. The van der Waals surface area contributed by atoms with Gasteiger partial charge in [-0.25, -0.2) is 4.98 Å². The first-order chi connectivity index (χ1) is 17.6. The second-order valence-electron chi connectivity index (χ2n) is 8.96. The number of nitrogens with zero attached hydrogens (tertiary/aromatic N) is 2. The second-order valence-corrected chi connectivity index (χ2v) is 8.96. The van der Waals surface area contributed by atoms with Crippen LogP contribution in [0.15, 0.2) is 65.6 Å². The van der Waals surface area contributed by atoms with Crippen molar-refractivity contribution >= 4 is 28.8 Å². The number of aromatic nitrogens is 3. The monoisotopic (exact) mass is 480 g/mol. The summed E-state index contributed by atoms with van der Waals surface area (Å²) in [5.41, 5.74) is 3.27. The highest BCUT2D eigenvalue weighted by atomic mass is 16.6. The van der Waals surface area contributed by atoms with Crippen LogP contribution in [0.1, 0.15) is 33.5 Å². The van der Waals surface area contributed by atoms with Gasteiger partial charge in [-0.3, -0.25) is 14.6 Å². The van der Waals surface area contributed by atoms with Crippen molar-refractivity contribution in [3.63, 3.8) is 0 Å². The summed E-state index contributed by atoms with van der Waals surface area (Å²) in [6.45, 7) is 1.49. The van der Waals surface area contributed by atoms with Crippen LogP contribution in [0.2, 0.25) is 0 Å². The first kappa shape index (κ1) is 22.0. The van der Waals surface area contributed by atoms with Gasteiger partial charge in [0, 0.05) is 24.7 Å². The van der Waals surface area contributed by atoms with Gasteiger partial charge in [-0.2, -0.15) is 4.98 Å². The number of rotatable bonds is 5. The lowest BCUT2D eigenvalue weighted by molar-refractivity contribution is 0.0959. The van der Waals surface area contributed by atoms with Gasteiger partial charge in [0.2, 0.25) is 5.95 Å². The zero-order chi connectivity index (χ0) is 24.5. The molecule has 0 bridgehead atoms. The van der Waals surface area contributed by atoms with Gasteiger partial charge in [-0.05, 0) is 41.2 Å². The number of anilines is 1. The van der Waals surface area contributed by atoms with Crippen molar-refractivity contribution in [1.82, 2.24) is 15.0 Å². The number of hydrogen-bond donors (Lipinski definition) is 2. The summed E-state index contributed by atoms with van der Waals surface area (Å²) in [5.74, 6) is 1.74. The lowest BCUT2D eigenvalue weighted by Gasteiger charge is -2.22. The highest BCUT2D eigenvalue weighted by Crippen LogP contribution is 2.32. The maximum Gasteiger partial charge on any atom is 0.262 e. The molecule has 2 N–H and O–H groups in total. The summed E-state index contributed by atoms with van der Waals surface area (Å²) in [5, 5.41) is 3.53. The molecule has 0 saturated heterocycles. The fourth-order valence-electron chi connectivity index (χ4n) is 4.71. The van der Waals surface area contributed by atoms with Gasteiger partial charge in [-0.15, -0.1) is 0 Å². The number of carbonyl (C=O) groups excluding carboxylic acids is 1. The summed E-state index contributed by atoms with van der Waals surface area (Å²) in [4.78, 5) is 37.7. The van der Waals surface area contributed by atoms with E-state index in [0.29, 0.717) is 66.5 Å². The molecule has 6 rings (SSSR count). The van der Waals surface area contributed by atoms with Gasteiger partial charge in [0.05, 0.1) is 5.39 Å². The summed E-state index contributed by atoms with van der Waals surface area (Å²) < 4.78 is 11.2. The largest absolute Gasteiger partial charge is 0.486 e. The smallest absolute Gasteiger partial charge is 0.262 e. The molecule has 2 aliphatic rings. The molecule has 0 saturated carbocycles. The minimum atomic E-state index is -0.311. The number of pyridine rings is 1. The van der Waals surface area contributed by atoms with Crippen LogP contribution in [0, 0.1) is 5.92 Å². The fraction of sp³-hybridized carbons (Fsp3) is 0.214. The normalized spacial score (nSPS) is 16.8. The van der Waals surface area contributed by atoms with E-state index in [4.69, 9.17) is 9.47 Å². The molecule has 8 nitrogen and oxygen atoms in total. The third kappa shape index (κ3) is 4.33. The zero-order valence-corrected chi connectivity index (χ0v) is 19.5. The van der Waals surface area contributed by atoms with Gasteiger partial charge in [-0.1, -0.05) is 48.6 Å². The number of ketones is 1. The van der Waals surface area contributed by atoms with Crippen LogP contribution >= 0.6 is 0 Å². The van der Waals surface area contributed by atoms with Crippen LogP contribution < -0.4 is 20.3 Å². The highest BCUT2D eigenvalue weighted by molar-refractivity contribution is 6.02. The molecule has 0 radical (unpaired) electrons. The predicted molar refractivity (Wildman–Crippen MR) is 137 cm³/mol.